The number of hydrogen-bond acceptors (Lipinski definition) is 3. The normalized spacial score (nSPS) is 17.0. The van der Waals surface area contributed by atoms with E-state index in [2.05, 4.69) is 60.6 Å². The number of rotatable bonds is 6. The molecule has 2 aliphatic rings. The highest BCUT2D eigenvalue weighted by Crippen LogP contribution is 2.41. The number of aryl methyl sites for hydroxylation is 1. The molecule has 1 saturated heterocycles. The lowest BCUT2D eigenvalue weighted by Gasteiger charge is -2.36. The summed E-state index contributed by atoms with van der Waals surface area (Å²) in [6, 6.07) is 15.0. The van der Waals surface area contributed by atoms with Gasteiger partial charge in [-0.25, -0.2) is 0 Å². The highest BCUT2D eigenvalue weighted by molar-refractivity contribution is 5.74. The largest absolute Gasteiger partial charge is 0.388 e. The second kappa shape index (κ2) is 9.02. The third-order valence-electron chi connectivity index (χ3n) is 7.27. The Bertz CT molecular complexity index is 1010. The molecular formula is C28H33N3. The van der Waals surface area contributed by atoms with Crippen LogP contribution < -0.4 is 5.32 Å². The van der Waals surface area contributed by atoms with Gasteiger partial charge in [0, 0.05) is 42.7 Å². The quantitative estimate of drug-likeness (QED) is 0.617. The maximum atomic E-state index is 9.02. The van der Waals surface area contributed by atoms with Crippen molar-refractivity contribution in [2.45, 2.75) is 50.9 Å². The van der Waals surface area contributed by atoms with Crippen molar-refractivity contribution in [2.75, 3.05) is 20.1 Å². The van der Waals surface area contributed by atoms with Gasteiger partial charge in [0.05, 0.1) is 11.6 Å². The first-order valence-electron chi connectivity index (χ1n) is 11.5. The van der Waals surface area contributed by atoms with Gasteiger partial charge >= 0.3 is 0 Å². The van der Waals surface area contributed by atoms with E-state index in [9.17, 15) is 0 Å². The molecule has 1 aliphatic carbocycles. The summed E-state index contributed by atoms with van der Waals surface area (Å²) >= 11 is 0. The topological polar surface area (TPSA) is 39.1 Å². The van der Waals surface area contributed by atoms with Crippen LogP contribution in [-0.2, 0) is 0 Å². The second-order valence-electron chi connectivity index (χ2n) is 9.05. The minimum atomic E-state index is 0.554. The van der Waals surface area contributed by atoms with Crippen molar-refractivity contribution in [3.8, 4) is 6.07 Å². The predicted molar refractivity (Wildman–Crippen MR) is 130 cm³/mol. The third kappa shape index (κ3) is 4.26. The Morgan fingerprint density at radius 2 is 1.68 bits per heavy atom. The van der Waals surface area contributed by atoms with Crippen LogP contribution in [0, 0.1) is 18.3 Å². The smallest absolute Gasteiger partial charge is 0.0991 e. The number of nitriles is 1. The summed E-state index contributed by atoms with van der Waals surface area (Å²) in [5, 5.41) is 12.3. The Morgan fingerprint density at radius 3 is 2.23 bits per heavy atom. The van der Waals surface area contributed by atoms with Crippen LogP contribution in [0.4, 0.5) is 0 Å². The van der Waals surface area contributed by atoms with Crippen molar-refractivity contribution in [3.63, 3.8) is 0 Å². The average Bonchev–Trinajstić information content (AvgIpc) is 2.77. The van der Waals surface area contributed by atoms with Crippen molar-refractivity contribution in [1.82, 2.24) is 10.2 Å². The fourth-order valence-electron chi connectivity index (χ4n) is 4.98. The molecule has 3 heteroatoms. The van der Waals surface area contributed by atoms with Gasteiger partial charge < -0.3 is 10.2 Å². The van der Waals surface area contributed by atoms with Crippen LogP contribution in [0.3, 0.4) is 0 Å². The van der Waals surface area contributed by atoms with Crippen molar-refractivity contribution < 1.29 is 0 Å². The van der Waals surface area contributed by atoms with Gasteiger partial charge in [0.2, 0.25) is 0 Å². The molecule has 31 heavy (non-hydrogen) atoms. The summed E-state index contributed by atoms with van der Waals surface area (Å²) in [4.78, 5) is 2.44. The number of nitrogens with zero attached hydrogens (tertiary/aromatic N) is 2. The van der Waals surface area contributed by atoms with E-state index in [1.165, 1.54) is 47.1 Å². The molecule has 0 aromatic heterocycles. The van der Waals surface area contributed by atoms with Crippen LogP contribution in [0.15, 0.2) is 49.6 Å². The Labute approximate surface area is 187 Å². The lowest BCUT2D eigenvalue weighted by molar-refractivity contribution is 0.299. The van der Waals surface area contributed by atoms with Crippen LogP contribution >= 0.6 is 0 Å². The van der Waals surface area contributed by atoms with Crippen LogP contribution in [0.1, 0.15) is 77.3 Å². The van der Waals surface area contributed by atoms with E-state index >= 15 is 0 Å². The number of benzene rings is 2. The first-order chi connectivity index (χ1) is 15.0. The maximum absolute atomic E-state index is 9.02. The van der Waals surface area contributed by atoms with Crippen molar-refractivity contribution >= 4 is 11.4 Å². The van der Waals surface area contributed by atoms with Gasteiger partial charge in [-0.1, -0.05) is 37.8 Å². The number of likely N-dealkylation sites (tertiary alicyclic amines) is 1. The monoisotopic (exact) mass is 411 g/mol. The van der Waals surface area contributed by atoms with Crippen molar-refractivity contribution in [3.05, 3.63) is 82.9 Å². The molecule has 0 radical (unpaired) electrons. The summed E-state index contributed by atoms with van der Waals surface area (Å²) in [6.07, 6.45) is 6.12. The maximum Gasteiger partial charge on any atom is 0.0991 e. The fourth-order valence-corrected chi connectivity index (χ4v) is 4.98. The second-order valence-corrected chi connectivity index (χ2v) is 9.05. The van der Waals surface area contributed by atoms with Gasteiger partial charge in [-0.2, -0.15) is 5.26 Å². The van der Waals surface area contributed by atoms with Crippen LogP contribution in [-0.4, -0.2) is 25.0 Å². The van der Waals surface area contributed by atoms with E-state index in [-0.39, 0.29) is 0 Å². The molecule has 0 unspecified atom stereocenters. The van der Waals surface area contributed by atoms with Gasteiger partial charge in [-0.05, 0) is 79.3 Å². The SMILES string of the molecule is C=C(NC)c1cc(C(=C)N2CCC(c3ccc(C#N)cc3)CC2)c(C)cc1C1CCC1. The van der Waals surface area contributed by atoms with E-state index in [0.717, 1.165) is 42.9 Å². The zero-order chi connectivity index (χ0) is 22.0. The zero-order valence-electron chi connectivity index (χ0n) is 18.9. The van der Waals surface area contributed by atoms with E-state index in [4.69, 9.17) is 5.26 Å². The molecule has 3 nitrogen and oxygen atoms in total. The van der Waals surface area contributed by atoms with Crippen molar-refractivity contribution in [2.24, 2.45) is 0 Å². The number of nitrogens with one attached hydrogen (secondary N) is 1. The predicted octanol–water partition coefficient (Wildman–Crippen LogP) is 6.17. The summed E-state index contributed by atoms with van der Waals surface area (Å²) in [5.74, 6) is 1.22. The summed E-state index contributed by atoms with van der Waals surface area (Å²) in [7, 11) is 1.95. The summed E-state index contributed by atoms with van der Waals surface area (Å²) in [5.41, 5.74) is 9.45. The van der Waals surface area contributed by atoms with Gasteiger partial charge in [0.1, 0.15) is 0 Å². The minimum Gasteiger partial charge on any atom is -0.388 e. The summed E-state index contributed by atoms with van der Waals surface area (Å²) < 4.78 is 0. The highest BCUT2D eigenvalue weighted by Gasteiger charge is 2.26. The molecule has 1 saturated carbocycles. The Kier molecular flexibility index (Phi) is 6.18. The van der Waals surface area contributed by atoms with Gasteiger partial charge in [-0.15, -0.1) is 0 Å². The molecule has 4 rings (SSSR count). The van der Waals surface area contributed by atoms with E-state index < -0.39 is 0 Å². The molecule has 1 N–H and O–H groups in total. The lowest BCUT2D eigenvalue weighted by atomic mass is 9.76. The first kappa shape index (κ1) is 21.2. The summed E-state index contributed by atoms with van der Waals surface area (Å²) in [6.45, 7) is 13.0. The molecule has 1 heterocycles. The first-order valence-corrected chi connectivity index (χ1v) is 11.5. The standard InChI is InChI=1S/C28H33N3/c1-19-16-28(25-6-5-7-25)27(20(2)30-4)17-26(19)21(3)31-14-12-24(13-15-31)23-10-8-22(18-29)9-11-23/h8-11,16-17,24-25,30H,2-3,5-7,12-15H2,1,4H3. The average molecular weight is 412 g/mol. The van der Waals surface area contributed by atoms with Gasteiger partial charge in [0.15, 0.2) is 0 Å². The molecular weight excluding hydrogens is 378 g/mol. The molecule has 2 aromatic rings. The van der Waals surface area contributed by atoms with Crippen LogP contribution in [0.2, 0.25) is 0 Å². The third-order valence-corrected chi connectivity index (χ3v) is 7.27. The van der Waals surface area contributed by atoms with E-state index in [1.54, 1.807) is 0 Å². The molecule has 0 bridgehead atoms. The Hall–Kier alpha value is -2.99. The number of piperidine rings is 1. The Morgan fingerprint density at radius 1 is 1.00 bits per heavy atom. The molecule has 2 fully saturated rings. The zero-order valence-corrected chi connectivity index (χ0v) is 18.9. The van der Waals surface area contributed by atoms with Gasteiger partial charge in [0.25, 0.3) is 0 Å². The molecule has 1 aliphatic heterocycles. The fraction of sp³-hybridized carbons (Fsp3) is 0.393. The molecule has 0 spiro atoms. The molecule has 0 atom stereocenters. The van der Waals surface area contributed by atoms with Crippen LogP contribution in [0.25, 0.3) is 11.4 Å². The Balaban J connectivity index is 1.50. The lowest BCUT2D eigenvalue weighted by Crippen LogP contribution is -2.31. The minimum absolute atomic E-state index is 0.554. The highest BCUT2D eigenvalue weighted by atomic mass is 15.1. The van der Waals surface area contributed by atoms with E-state index in [1.807, 2.05) is 19.2 Å². The molecule has 2 aromatic carbocycles. The van der Waals surface area contributed by atoms with Gasteiger partial charge in [-0.3, -0.25) is 0 Å². The van der Waals surface area contributed by atoms with Crippen molar-refractivity contribution in [1.29, 1.82) is 5.26 Å². The van der Waals surface area contributed by atoms with E-state index in [0.29, 0.717) is 11.8 Å². The van der Waals surface area contributed by atoms with Crippen LogP contribution in [0.5, 0.6) is 0 Å². The number of hydrogen-bond donors (Lipinski definition) is 1. The molecule has 160 valence electrons. The molecule has 0 amide bonds.